The van der Waals surface area contributed by atoms with Gasteiger partial charge in [-0.05, 0) is 42.9 Å². The summed E-state index contributed by atoms with van der Waals surface area (Å²) in [5.74, 6) is 0.893. The summed E-state index contributed by atoms with van der Waals surface area (Å²) in [5.41, 5.74) is 1.50. The summed E-state index contributed by atoms with van der Waals surface area (Å²) in [6.07, 6.45) is 7.98. The summed E-state index contributed by atoms with van der Waals surface area (Å²) < 4.78 is 0. The molecule has 1 aliphatic heterocycles. The van der Waals surface area contributed by atoms with Gasteiger partial charge in [-0.3, -0.25) is 9.78 Å². The minimum Gasteiger partial charge on any atom is -0.394 e. The van der Waals surface area contributed by atoms with Gasteiger partial charge in [-0.25, -0.2) is 9.97 Å². The lowest BCUT2D eigenvalue weighted by Gasteiger charge is -2.39. The molecule has 1 amide bonds. The van der Waals surface area contributed by atoms with Gasteiger partial charge in [-0.15, -0.1) is 0 Å². The van der Waals surface area contributed by atoms with E-state index in [-0.39, 0.29) is 23.8 Å². The number of hydrogen-bond donors (Lipinski definition) is 3. The molecule has 1 saturated heterocycles. The number of H-pyrrole nitrogens is 1. The summed E-state index contributed by atoms with van der Waals surface area (Å²) in [6.45, 7) is 1.42. The normalized spacial score (nSPS) is 21.3. The summed E-state index contributed by atoms with van der Waals surface area (Å²) >= 11 is 0. The first-order chi connectivity index (χ1) is 14.2. The molecule has 1 saturated carbocycles. The maximum Gasteiger partial charge on any atom is 0.224 e. The highest BCUT2D eigenvalue weighted by molar-refractivity contribution is 5.87. The Hall–Kier alpha value is -3.00. The van der Waals surface area contributed by atoms with E-state index in [0.717, 1.165) is 49.2 Å². The SMILES string of the molecule is O=C(N[C@H](CO)c1ccccn1)C1CCN(c2ncnc3[nH]ccc23)CC12CC2. The van der Waals surface area contributed by atoms with Crippen LogP contribution in [0.25, 0.3) is 11.0 Å². The Bertz CT molecular complexity index is 1020. The number of fused-ring (bicyclic) bond motifs is 1. The molecule has 29 heavy (non-hydrogen) atoms. The minimum atomic E-state index is -0.473. The number of rotatable bonds is 5. The van der Waals surface area contributed by atoms with Crippen LogP contribution in [-0.2, 0) is 4.79 Å². The van der Waals surface area contributed by atoms with Gasteiger partial charge in [0.2, 0.25) is 5.91 Å². The van der Waals surface area contributed by atoms with Crippen molar-refractivity contribution >= 4 is 22.8 Å². The van der Waals surface area contributed by atoms with Gasteiger partial charge in [-0.2, -0.15) is 0 Å². The molecule has 0 aromatic carbocycles. The third-order valence-corrected chi connectivity index (χ3v) is 6.32. The van der Waals surface area contributed by atoms with Crippen LogP contribution in [0.15, 0.2) is 43.0 Å². The van der Waals surface area contributed by atoms with Crippen molar-refractivity contribution < 1.29 is 9.90 Å². The highest BCUT2D eigenvalue weighted by Gasteiger charge is 2.55. The number of nitrogens with zero attached hydrogens (tertiary/aromatic N) is 4. The molecule has 2 atom stereocenters. The van der Waals surface area contributed by atoms with E-state index in [9.17, 15) is 9.90 Å². The Kier molecular flexibility index (Phi) is 4.43. The number of piperidine rings is 1. The molecule has 3 aromatic rings. The zero-order chi connectivity index (χ0) is 19.8. The maximum absolute atomic E-state index is 13.1. The number of aromatic amines is 1. The lowest BCUT2D eigenvalue weighted by molar-refractivity contribution is -0.129. The molecule has 1 spiro atoms. The van der Waals surface area contributed by atoms with Crippen LogP contribution in [-0.4, -0.2) is 50.6 Å². The number of aliphatic hydroxyl groups excluding tert-OH is 1. The van der Waals surface area contributed by atoms with Crippen LogP contribution in [0.5, 0.6) is 0 Å². The van der Waals surface area contributed by atoms with Gasteiger partial charge in [0, 0.05) is 31.4 Å². The average Bonchev–Trinajstić information content (AvgIpc) is 3.34. The third-order valence-electron chi connectivity index (χ3n) is 6.32. The van der Waals surface area contributed by atoms with Crippen molar-refractivity contribution in [2.75, 3.05) is 24.6 Å². The molecule has 1 aliphatic carbocycles. The molecular weight excluding hydrogens is 368 g/mol. The fourth-order valence-corrected chi connectivity index (χ4v) is 4.60. The fraction of sp³-hybridized carbons (Fsp3) is 0.429. The number of hydrogen-bond acceptors (Lipinski definition) is 6. The second kappa shape index (κ2) is 7.11. The largest absolute Gasteiger partial charge is 0.394 e. The number of aromatic nitrogens is 4. The number of aliphatic hydroxyl groups is 1. The quantitative estimate of drug-likeness (QED) is 0.611. The van der Waals surface area contributed by atoms with Crippen molar-refractivity contribution in [2.45, 2.75) is 25.3 Å². The summed E-state index contributed by atoms with van der Waals surface area (Å²) in [6, 6.07) is 7.04. The number of carbonyl (C=O) groups excluding carboxylic acids is 1. The molecule has 3 N–H and O–H groups in total. The molecule has 0 radical (unpaired) electrons. The van der Waals surface area contributed by atoms with E-state index in [1.165, 1.54) is 0 Å². The van der Waals surface area contributed by atoms with E-state index in [1.54, 1.807) is 12.5 Å². The molecule has 8 heteroatoms. The monoisotopic (exact) mass is 392 g/mol. The van der Waals surface area contributed by atoms with Crippen LogP contribution in [0, 0.1) is 11.3 Å². The Labute approximate surface area is 168 Å². The Morgan fingerprint density at radius 1 is 1.31 bits per heavy atom. The van der Waals surface area contributed by atoms with Crippen molar-refractivity contribution in [2.24, 2.45) is 11.3 Å². The topological polar surface area (TPSA) is 107 Å². The highest BCUT2D eigenvalue weighted by Crippen LogP contribution is 2.56. The third kappa shape index (κ3) is 3.23. The standard InChI is InChI=1S/C21H24N6O2/c28-11-17(16-3-1-2-8-22-16)26-20(29)15-5-10-27(12-21(15)6-7-21)19-14-4-9-23-18(14)24-13-25-19/h1-4,8-9,13,15,17,28H,5-7,10-12H2,(H,26,29)(H,23,24,25)/t15?,17-/m1/s1. The van der Waals surface area contributed by atoms with Crippen molar-refractivity contribution in [1.29, 1.82) is 0 Å². The Morgan fingerprint density at radius 2 is 2.21 bits per heavy atom. The minimum absolute atomic E-state index is 0.0139. The summed E-state index contributed by atoms with van der Waals surface area (Å²) in [4.78, 5) is 31.6. The molecule has 5 rings (SSSR count). The maximum atomic E-state index is 13.1. The van der Waals surface area contributed by atoms with Gasteiger partial charge in [0.15, 0.2) is 0 Å². The molecule has 2 fully saturated rings. The fourth-order valence-electron chi connectivity index (χ4n) is 4.60. The Morgan fingerprint density at radius 3 is 2.97 bits per heavy atom. The Balaban J connectivity index is 1.32. The molecule has 4 heterocycles. The highest BCUT2D eigenvalue weighted by atomic mass is 16.3. The second-order valence-corrected chi connectivity index (χ2v) is 8.06. The molecule has 1 unspecified atom stereocenters. The van der Waals surface area contributed by atoms with E-state index in [4.69, 9.17) is 0 Å². The number of pyridine rings is 1. The zero-order valence-electron chi connectivity index (χ0n) is 16.1. The lowest BCUT2D eigenvalue weighted by atomic mass is 9.81. The number of nitrogens with one attached hydrogen (secondary N) is 2. The number of amides is 1. The van der Waals surface area contributed by atoms with E-state index in [1.807, 2.05) is 30.5 Å². The molecule has 0 bridgehead atoms. The van der Waals surface area contributed by atoms with Crippen LogP contribution in [0.4, 0.5) is 5.82 Å². The molecule has 2 aliphatic rings. The van der Waals surface area contributed by atoms with Gasteiger partial charge >= 0.3 is 0 Å². The summed E-state index contributed by atoms with van der Waals surface area (Å²) in [5, 5.41) is 13.8. The molecule has 3 aromatic heterocycles. The van der Waals surface area contributed by atoms with E-state index in [2.05, 4.69) is 30.2 Å². The molecule has 8 nitrogen and oxygen atoms in total. The van der Waals surface area contributed by atoms with E-state index in [0.29, 0.717) is 5.69 Å². The van der Waals surface area contributed by atoms with Crippen molar-refractivity contribution in [3.8, 4) is 0 Å². The van der Waals surface area contributed by atoms with Crippen LogP contribution < -0.4 is 10.2 Å². The predicted octanol–water partition coefficient (Wildman–Crippen LogP) is 1.81. The number of anilines is 1. The van der Waals surface area contributed by atoms with Gasteiger partial charge in [-0.1, -0.05) is 6.07 Å². The van der Waals surface area contributed by atoms with Crippen LogP contribution in [0.3, 0.4) is 0 Å². The van der Waals surface area contributed by atoms with Crippen LogP contribution >= 0.6 is 0 Å². The smallest absolute Gasteiger partial charge is 0.224 e. The van der Waals surface area contributed by atoms with E-state index >= 15 is 0 Å². The average molecular weight is 392 g/mol. The lowest BCUT2D eigenvalue weighted by Crippen LogP contribution is -2.49. The van der Waals surface area contributed by atoms with Gasteiger partial charge in [0.25, 0.3) is 0 Å². The van der Waals surface area contributed by atoms with Gasteiger partial charge < -0.3 is 20.3 Å². The first-order valence-electron chi connectivity index (χ1n) is 10.1. The van der Waals surface area contributed by atoms with Gasteiger partial charge in [0.1, 0.15) is 17.8 Å². The second-order valence-electron chi connectivity index (χ2n) is 8.06. The van der Waals surface area contributed by atoms with Crippen LogP contribution in [0.1, 0.15) is 31.0 Å². The van der Waals surface area contributed by atoms with Gasteiger partial charge in [0.05, 0.1) is 23.7 Å². The predicted molar refractivity (Wildman–Crippen MR) is 108 cm³/mol. The van der Waals surface area contributed by atoms with Crippen molar-refractivity contribution in [1.82, 2.24) is 25.3 Å². The molecule has 150 valence electrons. The first-order valence-corrected chi connectivity index (χ1v) is 10.1. The van der Waals surface area contributed by atoms with Crippen LogP contribution in [0.2, 0.25) is 0 Å². The van der Waals surface area contributed by atoms with Crippen molar-refractivity contribution in [3.63, 3.8) is 0 Å². The zero-order valence-corrected chi connectivity index (χ0v) is 16.1. The van der Waals surface area contributed by atoms with E-state index < -0.39 is 6.04 Å². The number of carbonyl (C=O) groups is 1. The molecular formula is C21H24N6O2. The van der Waals surface area contributed by atoms with Crippen molar-refractivity contribution in [3.05, 3.63) is 48.7 Å². The summed E-state index contributed by atoms with van der Waals surface area (Å²) in [7, 11) is 0. The first kappa shape index (κ1) is 18.1.